The molecule has 0 N–H and O–H groups in total. The van der Waals surface area contributed by atoms with Gasteiger partial charge in [-0.15, -0.1) is 0 Å². The van der Waals surface area contributed by atoms with Gasteiger partial charge in [-0.05, 0) is 66.6 Å². The molecule has 3 heteroatoms. The summed E-state index contributed by atoms with van der Waals surface area (Å²) in [5.74, 6) is 0.733. The Kier molecular flexibility index (Phi) is 3.66. The minimum absolute atomic E-state index is 0.0459. The maximum absolute atomic E-state index is 6.93. The van der Waals surface area contributed by atoms with E-state index in [1.54, 1.807) is 0 Å². The van der Waals surface area contributed by atoms with Crippen LogP contribution in [-0.4, -0.2) is 34.6 Å². The Bertz CT molecular complexity index is 1030. The van der Waals surface area contributed by atoms with Crippen molar-refractivity contribution in [2.24, 2.45) is 5.92 Å². The highest BCUT2D eigenvalue weighted by Crippen LogP contribution is 2.54. The molecule has 0 saturated carbocycles. The van der Waals surface area contributed by atoms with Crippen LogP contribution in [0, 0.1) is 5.92 Å². The second kappa shape index (κ2) is 6.13. The maximum atomic E-state index is 6.93. The molecule has 6 heterocycles. The minimum Gasteiger partial charge on any atom is -0.364 e. The van der Waals surface area contributed by atoms with E-state index in [1.807, 2.05) is 6.20 Å². The van der Waals surface area contributed by atoms with Crippen LogP contribution in [-0.2, 0) is 4.74 Å². The Hall–Kier alpha value is -2.23. The molecule has 3 aromatic rings. The third-order valence-corrected chi connectivity index (χ3v) is 7.47. The molecule has 1 aromatic heterocycles. The third-order valence-electron chi connectivity index (χ3n) is 7.47. The summed E-state index contributed by atoms with van der Waals surface area (Å²) in [6, 6.07) is 20.0. The number of aromatic nitrogens is 1. The molecule has 0 amide bonds. The molecule has 5 aliphatic rings. The Balaban J connectivity index is 1.48. The first-order chi connectivity index (χ1) is 13.8. The molecule has 0 spiro atoms. The average molecular weight is 370 g/mol. The van der Waals surface area contributed by atoms with Gasteiger partial charge in [0.05, 0.1) is 17.2 Å². The number of morpholine rings is 1. The first-order valence-electron chi connectivity index (χ1n) is 10.6. The van der Waals surface area contributed by atoms with Gasteiger partial charge in [0.15, 0.2) is 0 Å². The van der Waals surface area contributed by atoms with E-state index < -0.39 is 0 Å². The van der Waals surface area contributed by atoms with Gasteiger partial charge in [0.1, 0.15) is 0 Å². The summed E-state index contributed by atoms with van der Waals surface area (Å²) in [4.78, 5) is 7.35. The van der Waals surface area contributed by atoms with Crippen molar-refractivity contribution >= 4 is 10.9 Å². The molecule has 142 valence electrons. The molecule has 3 nitrogen and oxygen atoms in total. The smallest absolute Gasteiger partial charge is 0.0995 e. The lowest BCUT2D eigenvalue weighted by molar-refractivity contribution is -0.274. The van der Waals surface area contributed by atoms with Crippen molar-refractivity contribution in [3.8, 4) is 11.1 Å². The molecule has 0 radical (unpaired) electrons. The number of benzene rings is 2. The Morgan fingerprint density at radius 2 is 2.00 bits per heavy atom. The zero-order valence-electron chi connectivity index (χ0n) is 16.3. The lowest BCUT2D eigenvalue weighted by atomic mass is 9.66. The largest absolute Gasteiger partial charge is 0.364 e. The lowest BCUT2D eigenvalue weighted by Crippen LogP contribution is -2.70. The van der Waals surface area contributed by atoms with Gasteiger partial charge in [0.2, 0.25) is 0 Å². The summed E-state index contributed by atoms with van der Waals surface area (Å²) in [5, 5.41) is 1.24. The maximum Gasteiger partial charge on any atom is 0.0995 e. The summed E-state index contributed by atoms with van der Waals surface area (Å²) in [5.41, 5.74) is 4.92. The average Bonchev–Trinajstić information content (AvgIpc) is 2.78. The second-order valence-corrected chi connectivity index (χ2v) is 8.71. The van der Waals surface area contributed by atoms with Crippen LogP contribution in [0.15, 0.2) is 60.8 Å². The van der Waals surface area contributed by atoms with Gasteiger partial charge < -0.3 is 4.74 Å². The van der Waals surface area contributed by atoms with Gasteiger partial charge in [-0.3, -0.25) is 9.88 Å². The molecule has 5 atom stereocenters. The van der Waals surface area contributed by atoms with Crippen molar-refractivity contribution in [1.82, 2.24) is 9.88 Å². The van der Waals surface area contributed by atoms with Gasteiger partial charge >= 0.3 is 0 Å². The highest BCUT2D eigenvalue weighted by atomic mass is 16.5. The van der Waals surface area contributed by atoms with E-state index in [9.17, 15) is 0 Å². The van der Waals surface area contributed by atoms with E-state index in [0.29, 0.717) is 6.04 Å². The number of rotatable bonds is 3. The fraction of sp³-hybridized carbons (Fsp3) is 0.400. The first-order valence-corrected chi connectivity index (χ1v) is 10.6. The zero-order chi connectivity index (χ0) is 18.7. The molecule has 8 rings (SSSR count). The van der Waals surface area contributed by atoms with Crippen LogP contribution in [0.2, 0.25) is 0 Å². The van der Waals surface area contributed by atoms with Crippen molar-refractivity contribution in [2.75, 3.05) is 13.1 Å². The standard InChI is InChI=1S/C25H26N2O/c1-2-25-16-27-13-11-19(25)15-23(27)24(28-25)20-10-12-26-22-9-8-18(14-21(20)22)17-6-4-3-5-7-17/h3-10,12,14,19,23-24H,2,11,13,15-16H2,1H3/t19?,23?,24-,25-/m0/s1. The highest BCUT2D eigenvalue weighted by molar-refractivity contribution is 5.87. The van der Waals surface area contributed by atoms with Crippen molar-refractivity contribution in [3.63, 3.8) is 0 Å². The van der Waals surface area contributed by atoms with Crippen LogP contribution < -0.4 is 0 Å². The van der Waals surface area contributed by atoms with Gasteiger partial charge in [-0.2, -0.15) is 0 Å². The molecule has 2 aromatic carbocycles. The number of piperidine rings is 3. The fourth-order valence-corrected chi connectivity index (χ4v) is 5.95. The van der Waals surface area contributed by atoms with Gasteiger partial charge in [-0.1, -0.05) is 43.3 Å². The predicted molar refractivity (Wildman–Crippen MR) is 112 cm³/mol. The molecular weight excluding hydrogens is 344 g/mol. The Morgan fingerprint density at radius 3 is 2.79 bits per heavy atom. The summed E-state index contributed by atoms with van der Waals surface area (Å²) in [6.07, 6.45) is 5.79. The van der Waals surface area contributed by atoms with E-state index in [2.05, 4.69) is 71.4 Å². The number of hydrogen-bond acceptors (Lipinski definition) is 3. The third kappa shape index (κ3) is 2.33. The van der Waals surface area contributed by atoms with E-state index in [0.717, 1.165) is 24.4 Å². The normalized spacial score (nSPS) is 33.5. The van der Waals surface area contributed by atoms with Crippen LogP contribution in [0.4, 0.5) is 0 Å². The quantitative estimate of drug-likeness (QED) is 0.632. The molecular formula is C25H26N2O. The molecule has 5 saturated heterocycles. The van der Waals surface area contributed by atoms with Crippen molar-refractivity contribution in [1.29, 1.82) is 0 Å². The van der Waals surface area contributed by atoms with Crippen LogP contribution in [0.1, 0.15) is 37.9 Å². The SMILES string of the molecule is CC[C@]12CN3CCC1CC3[C@H](c1ccnc3ccc(-c4ccccc4)cc13)O2. The Morgan fingerprint density at radius 1 is 1.11 bits per heavy atom. The summed E-state index contributed by atoms with van der Waals surface area (Å²) in [7, 11) is 0. The summed E-state index contributed by atoms with van der Waals surface area (Å²) in [6.45, 7) is 4.65. The van der Waals surface area contributed by atoms with Crippen LogP contribution in [0.5, 0.6) is 0 Å². The number of hydrogen-bond donors (Lipinski definition) is 0. The summed E-state index contributed by atoms with van der Waals surface area (Å²) >= 11 is 0. The van der Waals surface area contributed by atoms with Crippen LogP contribution >= 0.6 is 0 Å². The van der Waals surface area contributed by atoms with Crippen molar-refractivity contribution in [3.05, 3.63) is 66.4 Å². The topological polar surface area (TPSA) is 25.4 Å². The monoisotopic (exact) mass is 370 g/mol. The molecule has 5 fully saturated rings. The van der Waals surface area contributed by atoms with E-state index >= 15 is 0 Å². The van der Waals surface area contributed by atoms with Crippen molar-refractivity contribution < 1.29 is 4.74 Å². The van der Waals surface area contributed by atoms with E-state index in [1.165, 1.54) is 41.5 Å². The molecule has 4 bridgehead atoms. The minimum atomic E-state index is 0.0459. The number of nitrogens with zero attached hydrogens (tertiary/aromatic N) is 2. The van der Waals surface area contributed by atoms with E-state index in [4.69, 9.17) is 4.74 Å². The second-order valence-electron chi connectivity index (χ2n) is 8.71. The van der Waals surface area contributed by atoms with Crippen LogP contribution in [0.3, 0.4) is 0 Å². The number of ether oxygens (including phenoxy) is 1. The molecule has 5 aliphatic heterocycles. The molecule has 3 unspecified atom stereocenters. The molecule has 0 aliphatic carbocycles. The van der Waals surface area contributed by atoms with Crippen molar-refractivity contribution in [2.45, 2.75) is 43.9 Å². The Labute approximate surface area is 166 Å². The summed E-state index contributed by atoms with van der Waals surface area (Å²) < 4.78 is 6.93. The highest BCUT2D eigenvalue weighted by Gasteiger charge is 2.58. The van der Waals surface area contributed by atoms with Gasteiger partial charge in [0, 0.05) is 24.2 Å². The lowest BCUT2D eigenvalue weighted by Gasteiger charge is -2.64. The fourth-order valence-electron chi connectivity index (χ4n) is 5.95. The zero-order valence-corrected chi connectivity index (χ0v) is 16.3. The number of fused-ring (bicyclic) bond motifs is 3. The number of pyridine rings is 1. The molecule has 28 heavy (non-hydrogen) atoms. The predicted octanol–water partition coefficient (Wildman–Crippen LogP) is 5.22. The van der Waals surface area contributed by atoms with Crippen LogP contribution in [0.25, 0.3) is 22.0 Å². The van der Waals surface area contributed by atoms with E-state index in [-0.39, 0.29) is 11.7 Å². The first kappa shape index (κ1) is 16.7. The van der Waals surface area contributed by atoms with Gasteiger partial charge in [0.25, 0.3) is 0 Å². The van der Waals surface area contributed by atoms with Gasteiger partial charge in [-0.25, -0.2) is 0 Å².